The number of hydrogen-bond donors (Lipinski definition) is 1. The van der Waals surface area contributed by atoms with Crippen LogP contribution in [0, 0.1) is 0 Å². The third kappa shape index (κ3) is 3.35. The Hall–Kier alpha value is -1.61. The molecule has 0 unspecified atom stereocenters. The maximum absolute atomic E-state index is 4.79. The summed E-state index contributed by atoms with van der Waals surface area (Å²) in [6, 6.07) is 8.44. The number of para-hydroxylation sites is 2. The van der Waals surface area contributed by atoms with Gasteiger partial charge in [-0.2, -0.15) is 0 Å². The van der Waals surface area contributed by atoms with E-state index in [2.05, 4.69) is 47.1 Å². The summed E-state index contributed by atoms with van der Waals surface area (Å²) in [7, 11) is 0. The molecule has 1 N–H and O–H groups in total. The Morgan fingerprint density at radius 2 is 2.19 bits per heavy atom. The minimum absolute atomic E-state index is 0.863. The van der Waals surface area contributed by atoms with Gasteiger partial charge in [-0.15, -0.1) is 0 Å². The predicted molar refractivity (Wildman–Crippen MR) is 88.3 cm³/mol. The molecule has 112 valence electrons. The first kappa shape index (κ1) is 14.3. The topological polar surface area (TPSA) is 29.9 Å². The van der Waals surface area contributed by atoms with Gasteiger partial charge in [0.25, 0.3) is 0 Å². The summed E-state index contributed by atoms with van der Waals surface area (Å²) in [4.78, 5) is 4.79. The zero-order valence-corrected chi connectivity index (χ0v) is 12.9. The molecular formula is C18H25N3. The Bertz CT molecular complexity index is 624. The van der Waals surface area contributed by atoms with E-state index in [0.29, 0.717) is 0 Å². The van der Waals surface area contributed by atoms with Crippen molar-refractivity contribution in [3.8, 4) is 0 Å². The Morgan fingerprint density at radius 3 is 3.00 bits per heavy atom. The van der Waals surface area contributed by atoms with Crippen LogP contribution in [0.3, 0.4) is 0 Å². The number of rotatable bonds is 7. The summed E-state index contributed by atoms with van der Waals surface area (Å²) in [5, 5.41) is 3.56. The van der Waals surface area contributed by atoms with Crippen molar-refractivity contribution in [2.24, 2.45) is 0 Å². The normalized spacial score (nSPS) is 14.8. The Balaban J connectivity index is 1.63. The van der Waals surface area contributed by atoms with Crippen LogP contribution in [0.2, 0.25) is 0 Å². The molecule has 0 bridgehead atoms. The van der Waals surface area contributed by atoms with E-state index in [-0.39, 0.29) is 0 Å². The number of fused-ring (bicyclic) bond motifs is 1. The van der Waals surface area contributed by atoms with E-state index in [1.165, 1.54) is 37.0 Å². The molecule has 0 radical (unpaired) electrons. The maximum Gasteiger partial charge on any atom is 0.123 e. The molecule has 1 aliphatic carbocycles. The Kier molecular flexibility index (Phi) is 4.71. The van der Waals surface area contributed by atoms with Gasteiger partial charge in [-0.3, -0.25) is 0 Å². The molecule has 0 saturated carbocycles. The molecule has 0 saturated heterocycles. The van der Waals surface area contributed by atoms with Crippen LogP contribution in [0.5, 0.6) is 0 Å². The fourth-order valence-electron chi connectivity index (χ4n) is 3.15. The third-order valence-corrected chi connectivity index (χ3v) is 4.22. The van der Waals surface area contributed by atoms with Gasteiger partial charge in [-0.25, -0.2) is 4.98 Å². The van der Waals surface area contributed by atoms with Crippen molar-refractivity contribution in [3.05, 3.63) is 41.7 Å². The van der Waals surface area contributed by atoms with Crippen molar-refractivity contribution in [2.75, 3.05) is 6.54 Å². The summed E-state index contributed by atoms with van der Waals surface area (Å²) in [5.41, 5.74) is 4.00. The van der Waals surface area contributed by atoms with E-state index in [1.807, 2.05) is 0 Å². The minimum Gasteiger partial charge on any atom is -0.327 e. The van der Waals surface area contributed by atoms with E-state index < -0.39 is 0 Å². The van der Waals surface area contributed by atoms with E-state index in [0.717, 1.165) is 31.6 Å². The quantitative estimate of drug-likeness (QED) is 0.614. The predicted octanol–water partition coefficient (Wildman–Crippen LogP) is 4.04. The number of benzene rings is 1. The van der Waals surface area contributed by atoms with Gasteiger partial charge in [-0.05, 0) is 50.8 Å². The van der Waals surface area contributed by atoms with Crippen molar-refractivity contribution in [1.29, 1.82) is 0 Å². The largest absolute Gasteiger partial charge is 0.327 e. The number of imidazole rings is 1. The van der Waals surface area contributed by atoms with Gasteiger partial charge in [0.15, 0.2) is 0 Å². The lowest BCUT2D eigenvalue weighted by Crippen LogP contribution is -2.18. The standard InChI is InChI=1S/C18H25N3/c1-2-13-21-17-10-6-5-9-16(17)20-18(21)14-19-12-11-15-7-3-4-8-15/h5-7,9-10,19H,2-4,8,11-14H2,1H3. The monoisotopic (exact) mass is 283 g/mol. The molecule has 1 aliphatic rings. The zero-order valence-electron chi connectivity index (χ0n) is 12.9. The minimum atomic E-state index is 0.863. The first-order valence-electron chi connectivity index (χ1n) is 8.21. The number of aryl methyl sites for hydroxylation is 1. The summed E-state index contributed by atoms with van der Waals surface area (Å²) >= 11 is 0. The summed E-state index contributed by atoms with van der Waals surface area (Å²) < 4.78 is 2.36. The highest BCUT2D eigenvalue weighted by Crippen LogP contribution is 2.20. The average molecular weight is 283 g/mol. The number of nitrogens with one attached hydrogen (secondary N) is 1. The van der Waals surface area contributed by atoms with Gasteiger partial charge in [0.2, 0.25) is 0 Å². The molecule has 0 amide bonds. The van der Waals surface area contributed by atoms with Crippen molar-refractivity contribution >= 4 is 11.0 Å². The van der Waals surface area contributed by atoms with Crippen molar-refractivity contribution in [2.45, 2.75) is 52.1 Å². The highest BCUT2D eigenvalue weighted by molar-refractivity contribution is 5.75. The van der Waals surface area contributed by atoms with Gasteiger partial charge < -0.3 is 9.88 Å². The summed E-state index contributed by atoms with van der Waals surface area (Å²) in [6.45, 7) is 5.18. The highest BCUT2D eigenvalue weighted by Gasteiger charge is 2.09. The SMILES string of the molecule is CCCn1c(CNCCC2=CCCC2)nc2ccccc21. The first-order valence-corrected chi connectivity index (χ1v) is 8.21. The fourth-order valence-corrected chi connectivity index (χ4v) is 3.15. The van der Waals surface area contributed by atoms with Crippen molar-refractivity contribution < 1.29 is 0 Å². The average Bonchev–Trinajstić information content (AvgIpc) is 3.13. The van der Waals surface area contributed by atoms with Crippen LogP contribution < -0.4 is 5.32 Å². The molecule has 21 heavy (non-hydrogen) atoms. The molecule has 3 heteroatoms. The van der Waals surface area contributed by atoms with Crippen LogP contribution in [0.25, 0.3) is 11.0 Å². The molecular weight excluding hydrogens is 258 g/mol. The summed E-state index contributed by atoms with van der Waals surface area (Å²) in [6.07, 6.45) is 8.67. The number of aromatic nitrogens is 2. The second-order valence-electron chi connectivity index (χ2n) is 5.85. The van der Waals surface area contributed by atoms with Crippen LogP contribution in [0.4, 0.5) is 0 Å². The molecule has 1 aromatic heterocycles. The number of nitrogens with zero attached hydrogens (tertiary/aromatic N) is 2. The van der Waals surface area contributed by atoms with Gasteiger partial charge in [-0.1, -0.05) is 30.7 Å². The van der Waals surface area contributed by atoms with Crippen molar-refractivity contribution in [3.63, 3.8) is 0 Å². The van der Waals surface area contributed by atoms with Gasteiger partial charge in [0, 0.05) is 6.54 Å². The lowest BCUT2D eigenvalue weighted by molar-refractivity contribution is 0.596. The van der Waals surface area contributed by atoms with Crippen LogP contribution in [0.15, 0.2) is 35.9 Å². The summed E-state index contributed by atoms with van der Waals surface area (Å²) in [5.74, 6) is 1.17. The molecule has 0 atom stereocenters. The lowest BCUT2D eigenvalue weighted by Gasteiger charge is -2.09. The van der Waals surface area contributed by atoms with E-state index in [9.17, 15) is 0 Å². The van der Waals surface area contributed by atoms with Crippen LogP contribution in [-0.4, -0.2) is 16.1 Å². The third-order valence-electron chi connectivity index (χ3n) is 4.22. The van der Waals surface area contributed by atoms with Gasteiger partial charge in [0.1, 0.15) is 5.82 Å². The van der Waals surface area contributed by atoms with E-state index in [1.54, 1.807) is 5.57 Å². The van der Waals surface area contributed by atoms with Gasteiger partial charge >= 0.3 is 0 Å². The molecule has 1 heterocycles. The second kappa shape index (κ2) is 6.90. The van der Waals surface area contributed by atoms with Crippen molar-refractivity contribution in [1.82, 2.24) is 14.9 Å². The van der Waals surface area contributed by atoms with E-state index >= 15 is 0 Å². The zero-order chi connectivity index (χ0) is 14.5. The van der Waals surface area contributed by atoms with Crippen LogP contribution >= 0.6 is 0 Å². The maximum atomic E-state index is 4.79. The Labute approximate surface area is 127 Å². The highest BCUT2D eigenvalue weighted by atomic mass is 15.1. The molecule has 0 spiro atoms. The van der Waals surface area contributed by atoms with Gasteiger partial charge in [0.05, 0.1) is 17.6 Å². The fraction of sp³-hybridized carbons (Fsp3) is 0.500. The lowest BCUT2D eigenvalue weighted by atomic mass is 10.2. The molecule has 1 aromatic carbocycles. The second-order valence-corrected chi connectivity index (χ2v) is 5.85. The molecule has 2 aromatic rings. The first-order chi connectivity index (χ1) is 10.4. The van der Waals surface area contributed by atoms with E-state index in [4.69, 9.17) is 4.98 Å². The molecule has 0 aliphatic heterocycles. The molecule has 3 nitrogen and oxygen atoms in total. The number of hydrogen-bond acceptors (Lipinski definition) is 2. The molecule has 3 rings (SSSR count). The van der Waals surface area contributed by atoms with Crippen LogP contribution in [-0.2, 0) is 13.1 Å². The number of allylic oxidation sites excluding steroid dienone is 1. The smallest absolute Gasteiger partial charge is 0.123 e. The molecule has 0 fully saturated rings. The Morgan fingerprint density at radius 1 is 1.29 bits per heavy atom. The van der Waals surface area contributed by atoms with Crippen LogP contribution in [0.1, 0.15) is 44.9 Å².